The highest BCUT2D eigenvalue weighted by atomic mass is 15.1. The first-order chi connectivity index (χ1) is 6.75. The van der Waals surface area contributed by atoms with Gasteiger partial charge in [0, 0.05) is 23.9 Å². The van der Waals surface area contributed by atoms with Gasteiger partial charge in [0.15, 0.2) is 0 Å². The average molecular weight is 187 g/mol. The zero-order valence-electron chi connectivity index (χ0n) is 7.44. The lowest BCUT2D eigenvalue weighted by molar-refractivity contribution is 0.992. The van der Waals surface area contributed by atoms with E-state index < -0.39 is 0 Å². The monoisotopic (exact) mass is 187 g/mol. The van der Waals surface area contributed by atoms with Crippen LogP contribution in [0.25, 0.3) is 5.82 Å². The van der Waals surface area contributed by atoms with Crippen LogP contribution in [0.5, 0.6) is 0 Å². The van der Waals surface area contributed by atoms with Gasteiger partial charge < -0.3 is 16.0 Å². The van der Waals surface area contributed by atoms with Crippen molar-refractivity contribution in [1.29, 1.82) is 0 Å². The number of hydrogen-bond acceptors (Lipinski definition) is 4. The first-order valence-corrected chi connectivity index (χ1v) is 4.32. The maximum atomic E-state index is 5.75. The summed E-state index contributed by atoms with van der Waals surface area (Å²) in [7, 11) is 0. The Morgan fingerprint density at radius 3 is 3.00 bits per heavy atom. The number of fused-ring (bicyclic) bond motifs is 3. The van der Waals surface area contributed by atoms with Gasteiger partial charge in [-0.3, -0.25) is 0 Å². The topological polar surface area (TPSA) is 82.8 Å². The fourth-order valence-electron chi connectivity index (χ4n) is 1.84. The highest BCUT2D eigenvalue weighted by Crippen LogP contribution is 2.30. The molecule has 14 heavy (non-hydrogen) atoms. The molecule has 1 aliphatic rings. The largest absolute Gasteiger partial charge is 0.397 e. The minimum Gasteiger partial charge on any atom is -0.397 e. The molecule has 70 valence electrons. The fraction of sp³-hybridized carbons (Fsp3) is 0.111. The Morgan fingerprint density at radius 2 is 2.14 bits per heavy atom. The Morgan fingerprint density at radius 1 is 1.29 bits per heavy atom. The Balaban J connectivity index is 2.30. The molecular formula is C9H9N5. The van der Waals surface area contributed by atoms with Crippen molar-refractivity contribution in [2.45, 2.75) is 6.42 Å². The highest BCUT2D eigenvalue weighted by molar-refractivity contribution is 5.58. The molecule has 0 radical (unpaired) electrons. The molecule has 0 bridgehead atoms. The summed E-state index contributed by atoms with van der Waals surface area (Å²) in [5.41, 5.74) is 14.3. The summed E-state index contributed by atoms with van der Waals surface area (Å²) in [5.74, 6) is 1.40. The van der Waals surface area contributed by atoms with E-state index in [1.165, 1.54) is 6.33 Å². The molecule has 0 spiro atoms. The molecule has 0 aromatic carbocycles. The van der Waals surface area contributed by atoms with Crippen molar-refractivity contribution in [3.05, 3.63) is 29.8 Å². The Kier molecular flexibility index (Phi) is 1.19. The summed E-state index contributed by atoms with van der Waals surface area (Å²) in [5, 5.41) is 0. The molecule has 5 heteroatoms. The van der Waals surface area contributed by atoms with E-state index in [4.69, 9.17) is 11.5 Å². The number of hydrogen-bond donors (Lipinski definition) is 2. The smallest absolute Gasteiger partial charge is 0.146 e. The molecule has 5 nitrogen and oxygen atoms in total. The predicted molar refractivity (Wildman–Crippen MR) is 53.0 cm³/mol. The van der Waals surface area contributed by atoms with Gasteiger partial charge >= 0.3 is 0 Å². The van der Waals surface area contributed by atoms with Gasteiger partial charge in [0.2, 0.25) is 0 Å². The van der Waals surface area contributed by atoms with Crippen LogP contribution < -0.4 is 11.5 Å². The standard InChI is InChI=1S/C9H9N5/c10-5-1-6-2-7-8(11)12-4-13-9(7)14(6)3-5/h1,3-4H,2,10H2,(H2,11,12,13). The molecular weight excluding hydrogens is 178 g/mol. The predicted octanol–water partition coefficient (Wildman–Crippen LogP) is 0.336. The molecule has 0 saturated carbocycles. The van der Waals surface area contributed by atoms with Gasteiger partial charge in [0.05, 0.1) is 5.69 Å². The van der Waals surface area contributed by atoms with Gasteiger partial charge in [-0.05, 0) is 6.07 Å². The van der Waals surface area contributed by atoms with Gasteiger partial charge in [0.25, 0.3) is 0 Å². The second-order valence-corrected chi connectivity index (χ2v) is 3.37. The summed E-state index contributed by atoms with van der Waals surface area (Å²) >= 11 is 0. The fourth-order valence-corrected chi connectivity index (χ4v) is 1.84. The first kappa shape index (κ1) is 7.37. The van der Waals surface area contributed by atoms with Crippen LogP contribution in [0.15, 0.2) is 18.6 Å². The number of nitrogen functional groups attached to an aromatic ring is 2. The highest BCUT2D eigenvalue weighted by Gasteiger charge is 2.22. The Bertz CT molecular complexity index is 514. The number of anilines is 2. The third kappa shape index (κ3) is 0.783. The Hall–Kier alpha value is -2.04. The maximum absolute atomic E-state index is 5.75. The summed E-state index contributed by atoms with van der Waals surface area (Å²) in [6.45, 7) is 0. The lowest BCUT2D eigenvalue weighted by atomic mass is 10.2. The minimum absolute atomic E-state index is 0.553. The molecule has 3 heterocycles. The third-order valence-electron chi connectivity index (χ3n) is 2.46. The Labute approximate surface area is 80.4 Å². The molecule has 2 aromatic heterocycles. The maximum Gasteiger partial charge on any atom is 0.146 e. The first-order valence-electron chi connectivity index (χ1n) is 4.32. The van der Waals surface area contributed by atoms with Crippen LogP contribution >= 0.6 is 0 Å². The van der Waals surface area contributed by atoms with Crippen molar-refractivity contribution < 1.29 is 0 Å². The van der Waals surface area contributed by atoms with Crippen molar-refractivity contribution in [3.8, 4) is 5.82 Å². The van der Waals surface area contributed by atoms with E-state index in [0.29, 0.717) is 5.82 Å². The van der Waals surface area contributed by atoms with E-state index in [1.807, 2.05) is 16.8 Å². The molecule has 3 rings (SSSR count). The van der Waals surface area contributed by atoms with E-state index in [-0.39, 0.29) is 0 Å². The number of aromatic nitrogens is 3. The molecule has 4 N–H and O–H groups in total. The molecule has 2 aromatic rings. The van der Waals surface area contributed by atoms with Crippen molar-refractivity contribution in [2.24, 2.45) is 0 Å². The van der Waals surface area contributed by atoms with Crippen LogP contribution in [-0.4, -0.2) is 14.5 Å². The van der Waals surface area contributed by atoms with E-state index in [9.17, 15) is 0 Å². The quantitative estimate of drug-likeness (QED) is 0.531. The molecule has 0 saturated heterocycles. The second kappa shape index (κ2) is 2.25. The second-order valence-electron chi connectivity index (χ2n) is 3.37. The molecule has 0 amide bonds. The summed E-state index contributed by atoms with van der Waals surface area (Å²) in [6, 6.07) is 1.93. The number of nitrogens with two attached hydrogens (primary N) is 2. The number of rotatable bonds is 0. The lowest BCUT2D eigenvalue weighted by Gasteiger charge is -2.01. The van der Waals surface area contributed by atoms with Gasteiger partial charge in [0.1, 0.15) is 18.0 Å². The van der Waals surface area contributed by atoms with Gasteiger partial charge in [-0.25, -0.2) is 9.97 Å². The summed E-state index contributed by atoms with van der Waals surface area (Å²) < 4.78 is 1.96. The van der Waals surface area contributed by atoms with Gasteiger partial charge in [-0.1, -0.05) is 0 Å². The average Bonchev–Trinajstić information content (AvgIpc) is 2.63. The normalized spacial score (nSPS) is 12.6. The van der Waals surface area contributed by atoms with E-state index in [1.54, 1.807) is 0 Å². The number of nitrogens with zero attached hydrogens (tertiary/aromatic N) is 3. The van der Waals surface area contributed by atoms with E-state index in [0.717, 1.165) is 29.2 Å². The van der Waals surface area contributed by atoms with Crippen LogP contribution in [0.4, 0.5) is 11.5 Å². The van der Waals surface area contributed by atoms with Crippen LogP contribution in [0.2, 0.25) is 0 Å². The van der Waals surface area contributed by atoms with Crippen molar-refractivity contribution in [2.75, 3.05) is 11.5 Å². The van der Waals surface area contributed by atoms with Gasteiger partial charge in [-0.2, -0.15) is 0 Å². The molecule has 1 aliphatic heterocycles. The van der Waals surface area contributed by atoms with Crippen molar-refractivity contribution in [1.82, 2.24) is 14.5 Å². The zero-order chi connectivity index (χ0) is 9.71. The van der Waals surface area contributed by atoms with Gasteiger partial charge in [-0.15, -0.1) is 0 Å². The molecule has 0 fully saturated rings. The zero-order valence-corrected chi connectivity index (χ0v) is 7.44. The van der Waals surface area contributed by atoms with Crippen LogP contribution in [0.3, 0.4) is 0 Å². The van der Waals surface area contributed by atoms with Crippen molar-refractivity contribution >= 4 is 11.5 Å². The van der Waals surface area contributed by atoms with Crippen LogP contribution in [-0.2, 0) is 6.42 Å². The van der Waals surface area contributed by atoms with Crippen LogP contribution in [0.1, 0.15) is 11.3 Å². The summed E-state index contributed by atoms with van der Waals surface area (Å²) in [4.78, 5) is 8.15. The molecule has 0 atom stereocenters. The SMILES string of the molecule is Nc1cc2n(c1)-c1ncnc(N)c1C2. The summed E-state index contributed by atoms with van der Waals surface area (Å²) in [6.07, 6.45) is 4.09. The van der Waals surface area contributed by atoms with Crippen molar-refractivity contribution in [3.63, 3.8) is 0 Å². The molecule has 0 aliphatic carbocycles. The lowest BCUT2D eigenvalue weighted by Crippen LogP contribution is -2.00. The van der Waals surface area contributed by atoms with Crippen LogP contribution in [0, 0.1) is 0 Å². The van der Waals surface area contributed by atoms with E-state index >= 15 is 0 Å². The third-order valence-corrected chi connectivity index (χ3v) is 2.46. The minimum atomic E-state index is 0.553. The van der Waals surface area contributed by atoms with E-state index in [2.05, 4.69) is 9.97 Å². The molecule has 0 unspecified atom stereocenters.